The molecule has 2 aliphatic heterocycles. The van der Waals surface area contributed by atoms with Crippen LogP contribution in [0.25, 0.3) is 22.4 Å². The largest absolute Gasteiger partial charge is 0.464 e. The maximum Gasteiger partial charge on any atom is 0.302 e. The topological polar surface area (TPSA) is 68.6 Å². The summed E-state index contributed by atoms with van der Waals surface area (Å²) in [6.07, 6.45) is 2.28. The molecule has 1 atom stereocenters. The third-order valence-corrected chi connectivity index (χ3v) is 6.89. The summed E-state index contributed by atoms with van der Waals surface area (Å²) >= 11 is 6.33. The van der Waals surface area contributed by atoms with Crippen LogP contribution in [-0.2, 0) is 22.5 Å². The van der Waals surface area contributed by atoms with E-state index in [1.807, 2.05) is 48.5 Å². The van der Waals surface area contributed by atoms with E-state index in [1.54, 1.807) is 15.5 Å². The lowest BCUT2D eigenvalue weighted by atomic mass is 9.92. The predicted octanol–water partition coefficient (Wildman–Crippen LogP) is 4.56. The number of amides is 1. The molecular formula is C27H25ClN2O4. The van der Waals surface area contributed by atoms with Crippen LogP contribution in [0, 0.1) is 0 Å². The summed E-state index contributed by atoms with van der Waals surface area (Å²) < 4.78 is 6.95. The van der Waals surface area contributed by atoms with Crippen molar-refractivity contribution < 1.29 is 14.3 Å². The van der Waals surface area contributed by atoms with Crippen LogP contribution >= 0.6 is 11.6 Å². The molecule has 34 heavy (non-hydrogen) atoms. The lowest BCUT2D eigenvalue weighted by Gasteiger charge is -2.29. The number of hydrogen-bond acceptors (Lipinski definition) is 4. The van der Waals surface area contributed by atoms with Crippen LogP contribution in [-0.4, -0.2) is 40.5 Å². The number of hydrogen-bond donors (Lipinski definition) is 0. The number of benzene rings is 2. The van der Waals surface area contributed by atoms with E-state index in [2.05, 4.69) is 0 Å². The third kappa shape index (κ3) is 4.03. The summed E-state index contributed by atoms with van der Waals surface area (Å²) in [5.74, 6) is -0.527. The number of likely N-dealkylation sites (tertiary alicyclic amines) is 1. The molecule has 2 aromatic carbocycles. The maximum absolute atomic E-state index is 14.0. The van der Waals surface area contributed by atoms with Gasteiger partial charge in [-0.25, -0.2) is 0 Å². The highest BCUT2D eigenvalue weighted by molar-refractivity contribution is 6.31. The van der Waals surface area contributed by atoms with Crippen molar-refractivity contribution in [1.29, 1.82) is 0 Å². The molecule has 3 aromatic rings. The third-order valence-electron chi connectivity index (χ3n) is 6.65. The average molecular weight is 477 g/mol. The SMILES string of the molecule is CC(=O)OC[C@@H]1CCCN1C(=O)c1cc(-c2ccccc2)c(=O)n2c1-c1cc(Cl)ccc1CC2. The van der Waals surface area contributed by atoms with Crippen LogP contribution in [0.4, 0.5) is 0 Å². The van der Waals surface area contributed by atoms with E-state index >= 15 is 0 Å². The number of esters is 1. The van der Waals surface area contributed by atoms with Gasteiger partial charge in [0.2, 0.25) is 0 Å². The van der Waals surface area contributed by atoms with Crippen molar-refractivity contribution in [3.8, 4) is 22.4 Å². The van der Waals surface area contributed by atoms with Crippen molar-refractivity contribution in [2.24, 2.45) is 0 Å². The van der Waals surface area contributed by atoms with E-state index in [0.29, 0.717) is 41.4 Å². The zero-order valence-corrected chi connectivity index (χ0v) is 19.7. The Kier molecular flexibility index (Phi) is 6.00. The number of aromatic nitrogens is 1. The molecule has 0 aliphatic carbocycles. The average Bonchev–Trinajstić information content (AvgIpc) is 3.31. The van der Waals surface area contributed by atoms with Crippen LogP contribution in [0.3, 0.4) is 0 Å². The van der Waals surface area contributed by atoms with Gasteiger partial charge >= 0.3 is 5.97 Å². The number of nitrogens with zero attached hydrogens (tertiary/aromatic N) is 2. The quantitative estimate of drug-likeness (QED) is 0.518. The summed E-state index contributed by atoms with van der Waals surface area (Å²) in [6.45, 7) is 2.60. The normalized spacial score (nSPS) is 16.6. The fourth-order valence-corrected chi connectivity index (χ4v) is 5.19. The molecule has 1 amide bonds. The van der Waals surface area contributed by atoms with Crippen LogP contribution in [0.2, 0.25) is 5.02 Å². The minimum absolute atomic E-state index is 0.124. The first kappa shape index (κ1) is 22.4. The monoisotopic (exact) mass is 476 g/mol. The van der Waals surface area contributed by atoms with Gasteiger partial charge in [0.05, 0.1) is 17.3 Å². The molecule has 1 aromatic heterocycles. The molecule has 7 heteroatoms. The van der Waals surface area contributed by atoms with Gasteiger partial charge in [-0.2, -0.15) is 0 Å². The van der Waals surface area contributed by atoms with Gasteiger partial charge in [-0.1, -0.05) is 48.0 Å². The molecular weight excluding hydrogens is 452 g/mol. The van der Waals surface area contributed by atoms with Gasteiger partial charge in [0.15, 0.2) is 0 Å². The van der Waals surface area contributed by atoms with Crippen molar-refractivity contribution >= 4 is 23.5 Å². The second-order valence-electron chi connectivity index (χ2n) is 8.79. The zero-order valence-electron chi connectivity index (χ0n) is 18.9. The number of pyridine rings is 1. The minimum atomic E-state index is -0.363. The number of carbonyl (C=O) groups is 2. The summed E-state index contributed by atoms with van der Waals surface area (Å²) in [4.78, 5) is 40.7. The van der Waals surface area contributed by atoms with Gasteiger partial charge in [0, 0.05) is 36.2 Å². The predicted molar refractivity (Wildman–Crippen MR) is 131 cm³/mol. The Morgan fingerprint density at radius 2 is 1.85 bits per heavy atom. The van der Waals surface area contributed by atoms with Crippen molar-refractivity contribution in [3.63, 3.8) is 0 Å². The summed E-state index contributed by atoms with van der Waals surface area (Å²) in [6, 6.07) is 16.6. The van der Waals surface area contributed by atoms with E-state index in [9.17, 15) is 14.4 Å². The molecule has 1 saturated heterocycles. The van der Waals surface area contributed by atoms with E-state index in [0.717, 1.165) is 29.5 Å². The van der Waals surface area contributed by atoms with Crippen molar-refractivity contribution in [3.05, 3.63) is 81.1 Å². The molecule has 0 bridgehead atoms. The van der Waals surface area contributed by atoms with Crippen molar-refractivity contribution in [1.82, 2.24) is 9.47 Å². The molecule has 5 rings (SSSR count). The zero-order chi connectivity index (χ0) is 23.8. The number of fused-ring (bicyclic) bond motifs is 3. The van der Waals surface area contributed by atoms with Crippen LogP contribution in [0.5, 0.6) is 0 Å². The molecule has 0 radical (unpaired) electrons. The molecule has 0 saturated carbocycles. The fourth-order valence-electron chi connectivity index (χ4n) is 5.02. The van der Waals surface area contributed by atoms with Gasteiger partial charge in [-0.05, 0) is 48.6 Å². The van der Waals surface area contributed by atoms with Crippen LogP contribution in [0.15, 0.2) is 59.4 Å². The Morgan fingerprint density at radius 1 is 1.06 bits per heavy atom. The standard InChI is InChI=1S/C27H25ClN2O4/c1-17(31)34-16-21-8-5-12-29(21)27(33)24-15-23(18-6-3-2-4-7-18)26(32)30-13-11-19-9-10-20(28)14-22(19)25(24)30/h2-4,6-7,9-10,14-15,21H,5,8,11-13,16H2,1H3/t21-/m0/s1. The second-order valence-corrected chi connectivity index (χ2v) is 9.23. The lowest BCUT2D eigenvalue weighted by molar-refractivity contribution is -0.142. The molecule has 0 unspecified atom stereocenters. The van der Waals surface area contributed by atoms with Crippen LogP contribution < -0.4 is 5.56 Å². The Bertz CT molecular complexity index is 1330. The van der Waals surface area contributed by atoms with E-state index < -0.39 is 0 Å². The maximum atomic E-state index is 14.0. The number of halogens is 1. The number of aryl methyl sites for hydroxylation is 1. The highest BCUT2D eigenvalue weighted by Crippen LogP contribution is 2.36. The summed E-state index contributed by atoms with van der Waals surface area (Å²) in [5.41, 5.74) is 4.09. The fraction of sp³-hybridized carbons (Fsp3) is 0.296. The molecule has 6 nitrogen and oxygen atoms in total. The summed E-state index contributed by atoms with van der Waals surface area (Å²) in [5, 5.41) is 0.555. The number of carbonyl (C=O) groups excluding carboxylic acids is 2. The minimum Gasteiger partial charge on any atom is -0.464 e. The highest BCUT2D eigenvalue weighted by Gasteiger charge is 2.34. The van der Waals surface area contributed by atoms with Gasteiger partial charge in [-0.15, -0.1) is 0 Å². The molecule has 2 aliphatic rings. The van der Waals surface area contributed by atoms with Gasteiger partial charge in [-0.3, -0.25) is 14.4 Å². The molecule has 174 valence electrons. The van der Waals surface area contributed by atoms with Gasteiger partial charge < -0.3 is 14.2 Å². The Balaban J connectivity index is 1.69. The smallest absolute Gasteiger partial charge is 0.302 e. The molecule has 1 fully saturated rings. The Morgan fingerprint density at radius 3 is 2.62 bits per heavy atom. The first-order valence-corrected chi connectivity index (χ1v) is 11.9. The summed E-state index contributed by atoms with van der Waals surface area (Å²) in [7, 11) is 0. The van der Waals surface area contributed by atoms with E-state index in [1.165, 1.54) is 6.92 Å². The van der Waals surface area contributed by atoms with E-state index in [4.69, 9.17) is 16.3 Å². The first-order chi connectivity index (χ1) is 16.4. The number of rotatable bonds is 4. The Hall–Kier alpha value is -3.38. The first-order valence-electron chi connectivity index (χ1n) is 11.5. The molecule has 0 N–H and O–H groups in total. The Labute approximate surface area is 202 Å². The molecule has 3 heterocycles. The van der Waals surface area contributed by atoms with Gasteiger partial charge in [0.25, 0.3) is 11.5 Å². The van der Waals surface area contributed by atoms with Crippen molar-refractivity contribution in [2.75, 3.05) is 13.2 Å². The molecule has 0 spiro atoms. The van der Waals surface area contributed by atoms with Gasteiger partial charge in [0.1, 0.15) is 6.61 Å². The number of ether oxygens (including phenoxy) is 1. The highest BCUT2D eigenvalue weighted by atomic mass is 35.5. The second kappa shape index (κ2) is 9.11. The van der Waals surface area contributed by atoms with E-state index in [-0.39, 0.29) is 30.1 Å². The van der Waals surface area contributed by atoms with Crippen molar-refractivity contribution in [2.45, 2.75) is 38.8 Å². The van der Waals surface area contributed by atoms with Crippen LogP contribution in [0.1, 0.15) is 35.7 Å². The lowest BCUT2D eigenvalue weighted by Crippen LogP contribution is -2.40.